The van der Waals surface area contributed by atoms with E-state index < -0.39 is 18.4 Å². The SMILES string of the molecule is C=C(C)C(=O)OC(O)(CO)c1ccc(Br)cc1. The Balaban J connectivity index is 2.99. The number of halogens is 1. The fraction of sp³-hybridized carbons (Fsp3) is 0.250. The topological polar surface area (TPSA) is 66.8 Å². The molecule has 1 aromatic carbocycles. The number of esters is 1. The van der Waals surface area contributed by atoms with Crippen molar-refractivity contribution in [3.63, 3.8) is 0 Å². The molecule has 0 aliphatic heterocycles. The number of hydrogen-bond acceptors (Lipinski definition) is 4. The van der Waals surface area contributed by atoms with E-state index in [1.54, 1.807) is 24.3 Å². The van der Waals surface area contributed by atoms with Gasteiger partial charge in [-0.2, -0.15) is 0 Å². The summed E-state index contributed by atoms with van der Waals surface area (Å²) in [6.07, 6.45) is 0. The van der Waals surface area contributed by atoms with E-state index in [9.17, 15) is 15.0 Å². The average molecular weight is 301 g/mol. The highest BCUT2D eigenvalue weighted by molar-refractivity contribution is 9.10. The Bertz CT molecular complexity index is 427. The molecule has 92 valence electrons. The molecule has 1 rings (SSSR count). The Kier molecular flexibility index (Phi) is 4.45. The largest absolute Gasteiger partial charge is 0.423 e. The average Bonchev–Trinajstić information content (AvgIpc) is 2.29. The molecule has 1 aromatic rings. The first-order valence-corrected chi connectivity index (χ1v) is 5.66. The van der Waals surface area contributed by atoms with Crippen molar-refractivity contribution in [3.8, 4) is 0 Å². The number of carbonyl (C=O) groups excluding carboxylic acids is 1. The minimum absolute atomic E-state index is 0.147. The quantitative estimate of drug-likeness (QED) is 0.505. The van der Waals surface area contributed by atoms with Crippen LogP contribution in [0.25, 0.3) is 0 Å². The number of rotatable bonds is 4. The second-order valence-electron chi connectivity index (χ2n) is 3.62. The lowest BCUT2D eigenvalue weighted by Crippen LogP contribution is -2.36. The predicted octanol–water partition coefficient (Wildman–Crippen LogP) is 1.71. The number of hydrogen-bond donors (Lipinski definition) is 2. The van der Waals surface area contributed by atoms with Gasteiger partial charge in [0.1, 0.15) is 6.61 Å². The van der Waals surface area contributed by atoms with Gasteiger partial charge >= 0.3 is 5.97 Å². The van der Waals surface area contributed by atoms with Crippen LogP contribution in [-0.2, 0) is 15.3 Å². The fourth-order valence-electron chi connectivity index (χ4n) is 1.13. The minimum Gasteiger partial charge on any atom is -0.423 e. The summed E-state index contributed by atoms with van der Waals surface area (Å²) in [5, 5.41) is 19.2. The highest BCUT2D eigenvalue weighted by atomic mass is 79.9. The van der Waals surface area contributed by atoms with E-state index in [4.69, 9.17) is 4.74 Å². The first kappa shape index (κ1) is 13.9. The molecule has 0 aliphatic rings. The predicted molar refractivity (Wildman–Crippen MR) is 66.0 cm³/mol. The van der Waals surface area contributed by atoms with Gasteiger partial charge in [0, 0.05) is 15.6 Å². The standard InChI is InChI=1S/C12H13BrO4/c1-8(2)11(15)17-12(16,7-14)9-3-5-10(13)6-4-9/h3-6,14,16H,1,7H2,2H3. The minimum atomic E-state index is -2.04. The van der Waals surface area contributed by atoms with Gasteiger partial charge in [0.2, 0.25) is 0 Å². The number of ether oxygens (including phenoxy) is 1. The summed E-state index contributed by atoms with van der Waals surface area (Å²) in [5.41, 5.74) is 0.437. The molecule has 1 atom stereocenters. The number of benzene rings is 1. The molecule has 2 N–H and O–H groups in total. The molecule has 0 aromatic heterocycles. The van der Waals surface area contributed by atoms with Gasteiger partial charge in [0.05, 0.1) is 0 Å². The molecule has 17 heavy (non-hydrogen) atoms. The van der Waals surface area contributed by atoms with Gasteiger partial charge < -0.3 is 14.9 Å². The van der Waals surface area contributed by atoms with Crippen LogP contribution in [0.3, 0.4) is 0 Å². The molecule has 0 radical (unpaired) electrons. The maximum atomic E-state index is 11.4. The zero-order valence-electron chi connectivity index (χ0n) is 9.31. The molecule has 0 heterocycles. The van der Waals surface area contributed by atoms with Crippen LogP contribution in [-0.4, -0.2) is 22.8 Å². The molecule has 0 bridgehead atoms. The van der Waals surface area contributed by atoms with Crippen molar-refractivity contribution in [1.29, 1.82) is 0 Å². The van der Waals surface area contributed by atoms with Gasteiger partial charge in [-0.3, -0.25) is 0 Å². The van der Waals surface area contributed by atoms with E-state index in [0.717, 1.165) is 4.47 Å². The van der Waals surface area contributed by atoms with Crippen LogP contribution in [0.4, 0.5) is 0 Å². The van der Waals surface area contributed by atoms with Crippen molar-refractivity contribution >= 4 is 21.9 Å². The fourth-order valence-corrected chi connectivity index (χ4v) is 1.40. The first-order chi connectivity index (χ1) is 7.89. The van der Waals surface area contributed by atoms with Crippen LogP contribution < -0.4 is 0 Å². The van der Waals surface area contributed by atoms with Crippen LogP contribution >= 0.6 is 15.9 Å². The first-order valence-electron chi connectivity index (χ1n) is 4.87. The van der Waals surface area contributed by atoms with Gasteiger partial charge in [-0.05, 0) is 19.1 Å². The summed E-state index contributed by atoms with van der Waals surface area (Å²) in [7, 11) is 0. The molecule has 0 aliphatic carbocycles. The Labute approximate surface area is 108 Å². The third kappa shape index (κ3) is 3.39. The lowest BCUT2D eigenvalue weighted by atomic mass is 10.1. The van der Waals surface area contributed by atoms with Crippen molar-refractivity contribution in [2.45, 2.75) is 12.7 Å². The molecule has 0 amide bonds. The van der Waals surface area contributed by atoms with Crippen molar-refractivity contribution in [2.24, 2.45) is 0 Å². The van der Waals surface area contributed by atoms with E-state index in [2.05, 4.69) is 22.5 Å². The van der Waals surface area contributed by atoms with E-state index in [1.807, 2.05) is 0 Å². The zero-order valence-corrected chi connectivity index (χ0v) is 10.9. The summed E-state index contributed by atoms with van der Waals surface area (Å²) >= 11 is 3.24. The Hall–Kier alpha value is -1.17. The van der Waals surface area contributed by atoms with Crippen LogP contribution in [0.1, 0.15) is 12.5 Å². The number of aliphatic hydroxyl groups is 2. The highest BCUT2D eigenvalue weighted by Crippen LogP contribution is 2.25. The second-order valence-corrected chi connectivity index (χ2v) is 4.53. The van der Waals surface area contributed by atoms with E-state index in [0.29, 0.717) is 0 Å². The van der Waals surface area contributed by atoms with Crippen molar-refractivity contribution in [2.75, 3.05) is 6.61 Å². The maximum Gasteiger partial charge on any atom is 0.335 e. The summed E-state index contributed by atoms with van der Waals surface area (Å²) < 4.78 is 5.64. The number of carbonyl (C=O) groups is 1. The molecule has 5 heteroatoms. The van der Waals surface area contributed by atoms with Gasteiger partial charge in [0.15, 0.2) is 0 Å². The molecule has 0 saturated heterocycles. The smallest absolute Gasteiger partial charge is 0.335 e. The molecule has 4 nitrogen and oxygen atoms in total. The van der Waals surface area contributed by atoms with Gasteiger partial charge in [-0.25, -0.2) is 4.79 Å². The summed E-state index contributed by atoms with van der Waals surface area (Å²) in [4.78, 5) is 11.4. The Morgan fingerprint density at radius 3 is 2.41 bits per heavy atom. The third-order valence-electron chi connectivity index (χ3n) is 2.12. The maximum absolute atomic E-state index is 11.4. The van der Waals surface area contributed by atoms with Crippen LogP contribution in [0.15, 0.2) is 40.9 Å². The lowest BCUT2D eigenvalue weighted by molar-refractivity contribution is -0.226. The van der Waals surface area contributed by atoms with Crippen molar-refractivity contribution in [3.05, 3.63) is 46.5 Å². The summed E-state index contributed by atoms with van der Waals surface area (Å²) in [6.45, 7) is 4.14. The normalized spacial score (nSPS) is 13.9. The van der Waals surface area contributed by atoms with E-state index in [1.165, 1.54) is 6.92 Å². The molecule has 0 saturated carbocycles. The molecule has 0 fully saturated rings. The molecule has 0 spiro atoms. The zero-order chi connectivity index (χ0) is 13.1. The van der Waals surface area contributed by atoms with Crippen LogP contribution in [0.5, 0.6) is 0 Å². The molecular weight excluding hydrogens is 288 g/mol. The highest BCUT2D eigenvalue weighted by Gasteiger charge is 2.33. The van der Waals surface area contributed by atoms with Crippen molar-refractivity contribution in [1.82, 2.24) is 0 Å². The summed E-state index contributed by atoms with van der Waals surface area (Å²) in [6, 6.07) is 6.44. The van der Waals surface area contributed by atoms with Gasteiger partial charge in [-0.1, -0.05) is 34.6 Å². The third-order valence-corrected chi connectivity index (χ3v) is 2.65. The van der Waals surface area contributed by atoms with Crippen LogP contribution in [0, 0.1) is 0 Å². The van der Waals surface area contributed by atoms with Gasteiger partial charge in [0.25, 0.3) is 5.79 Å². The molecule has 1 unspecified atom stereocenters. The Morgan fingerprint density at radius 1 is 1.47 bits per heavy atom. The van der Waals surface area contributed by atoms with Gasteiger partial charge in [-0.15, -0.1) is 0 Å². The number of aliphatic hydroxyl groups excluding tert-OH is 1. The molecular formula is C12H13BrO4. The monoisotopic (exact) mass is 300 g/mol. The second kappa shape index (κ2) is 5.44. The Morgan fingerprint density at radius 2 is 2.00 bits per heavy atom. The van der Waals surface area contributed by atoms with Crippen molar-refractivity contribution < 1.29 is 19.7 Å². The lowest BCUT2D eigenvalue weighted by Gasteiger charge is -2.26. The summed E-state index contributed by atoms with van der Waals surface area (Å²) in [5.74, 6) is -2.80. The van der Waals surface area contributed by atoms with E-state index >= 15 is 0 Å². The van der Waals surface area contributed by atoms with E-state index in [-0.39, 0.29) is 11.1 Å². The van der Waals surface area contributed by atoms with Crippen LogP contribution in [0.2, 0.25) is 0 Å².